The fourth-order valence-electron chi connectivity index (χ4n) is 1.90. The average molecular weight is 401 g/mol. The number of hydrogen-bond acceptors (Lipinski definition) is 5. The highest BCUT2D eigenvalue weighted by Crippen LogP contribution is 2.07. The highest BCUT2D eigenvalue weighted by atomic mass is 35.5. The van der Waals surface area contributed by atoms with Crippen LogP contribution in [-0.4, -0.2) is 11.7 Å². The molecule has 0 spiro atoms. The summed E-state index contributed by atoms with van der Waals surface area (Å²) < 4.78 is 5.10. The van der Waals surface area contributed by atoms with E-state index in [2.05, 4.69) is 5.32 Å². The summed E-state index contributed by atoms with van der Waals surface area (Å²) in [5.74, 6) is 0. The molecule has 0 saturated carbocycles. The molecule has 0 aliphatic carbocycles. The summed E-state index contributed by atoms with van der Waals surface area (Å²) in [6.07, 6.45) is -0.443. The molecule has 0 aliphatic rings. The number of carbonyl (C=O) groups is 1. The number of hydrogen-bond donors (Lipinski definition) is 2. The predicted octanol–water partition coefficient (Wildman–Crippen LogP) is 4.02. The number of nitrogens with one attached hydrogen (secondary N) is 1. The molecule has 2 aromatic rings. The van der Waals surface area contributed by atoms with E-state index >= 15 is 0 Å². The molecule has 2 rings (SSSR count). The number of nitriles is 2. The van der Waals surface area contributed by atoms with Crippen molar-refractivity contribution in [3.63, 3.8) is 0 Å². The second-order valence-electron chi connectivity index (χ2n) is 6.68. The number of alkyl carbamates (subject to hydrolysis) is 1. The highest BCUT2D eigenvalue weighted by Gasteiger charge is 2.15. The van der Waals surface area contributed by atoms with Gasteiger partial charge in [-0.25, -0.2) is 4.79 Å². The zero-order valence-electron chi connectivity index (χ0n) is 16.2. The summed E-state index contributed by atoms with van der Waals surface area (Å²) in [6, 6.07) is 18.4. The van der Waals surface area contributed by atoms with Gasteiger partial charge in [0.25, 0.3) is 0 Å². The number of amides is 1. The predicted molar refractivity (Wildman–Crippen MR) is 111 cm³/mol. The van der Waals surface area contributed by atoms with Gasteiger partial charge in [-0.05, 0) is 56.2 Å². The zero-order chi connectivity index (χ0) is 20.3. The van der Waals surface area contributed by atoms with Gasteiger partial charge in [0.1, 0.15) is 5.60 Å². The van der Waals surface area contributed by atoms with Crippen LogP contribution in [-0.2, 0) is 17.8 Å². The first-order valence-corrected chi connectivity index (χ1v) is 8.42. The Morgan fingerprint density at radius 3 is 1.75 bits per heavy atom. The van der Waals surface area contributed by atoms with Crippen LogP contribution in [0.1, 0.15) is 43.0 Å². The third-order valence-electron chi connectivity index (χ3n) is 3.24. The van der Waals surface area contributed by atoms with Gasteiger partial charge in [0.15, 0.2) is 0 Å². The Labute approximate surface area is 172 Å². The lowest BCUT2D eigenvalue weighted by Crippen LogP contribution is -2.32. The minimum absolute atomic E-state index is 0. The molecule has 0 saturated heterocycles. The fraction of sp³-hybridized carbons (Fsp3) is 0.286. The van der Waals surface area contributed by atoms with Crippen LogP contribution in [0.15, 0.2) is 48.5 Å². The van der Waals surface area contributed by atoms with Gasteiger partial charge >= 0.3 is 6.09 Å². The number of rotatable bonds is 3. The summed E-state index contributed by atoms with van der Waals surface area (Å²) in [4.78, 5) is 11.4. The van der Waals surface area contributed by atoms with Crippen molar-refractivity contribution in [2.75, 3.05) is 0 Å². The number of ether oxygens (including phenoxy) is 1. The fourth-order valence-corrected chi connectivity index (χ4v) is 1.90. The Morgan fingerprint density at radius 1 is 0.964 bits per heavy atom. The molecule has 0 atom stereocenters. The van der Waals surface area contributed by atoms with E-state index in [-0.39, 0.29) is 12.4 Å². The summed E-state index contributed by atoms with van der Waals surface area (Å²) in [6.45, 7) is 6.36. The summed E-state index contributed by atoms with van der Waals surface area (Å²) >= 11 is 0. The first-order valence-electron chi connectivity index (χ1n) is 8.42. The van der Waals surface area contributed by atoms with E-state index < -0.39 is 11.7 Å². The average Bonchev–Trinajstić information content (AvgIpc) is 2.66. The molecule has 0 heterocycles. The Bertz CT molecular complexity index is 814. The number of nitrogens with two attached hydrogens (primary N) is 1. The van der Waals surface area contributed by atoms with E-state index in [1.54, 1.807) is 36.4 Å². The molecule has 148 valence electrons. The quantitative estimate of drug-likeness (QED) is 0.807. The van der Waals surface area contributed by atoms with Gasteiger partial charge in [-0.3, -0.25) is 0 Å². The number of carbonyl (C=O) groups excluding carboxylic acids is 1. The third kappa shape index (κ3) is 10.2. The van der Waals surface area contributed by atoms with E-state index in [0.717, 1.165) is 11.1 Å². The molecule has 0 radical (unpaired) electrons. The summed E-state index contributed by atoms with van der Waals surface area (Å²) in [5.41, 5.74) is 8.13. The summed E-state index contributed by atoms with van der Waals surface area (Å²) in [7, 11) is 0. The van der Waals surface area contributed by atoms with Gasteiger partial charge in [0.2, 0.25) is 0 Å². The molecule has 3 N–H and O–H groups in total. The molecule has 0 unspecified atom stereocenters. The standard InChI is InChI=1S/C13H16N2O2.C8H8N2.ClH/c1-13(2,3)17-12(16)15-9-11-6-4-10(8-14)5-7-11;9-5-7-1-2-8(6-10)4-3-7;/h4-7H,9H2,1-3H3,(H,15,16);1-4H,5,9H2;1H. The van der Waals surface area contributed by atoms with E-state index in [1.807, 2.05) is 45.0 Å². The van der Waals surface area contributed by atoms with E-state index in [0.29, 0.717) is 24.2 Å². The van der Waals surface area contributed by atoms with Crippen molar-refractivity contribution in [2.45, 2.75) is 39.5 Å². The number of benzene rings is 2. The SMILES string of the molecule is CC(C)(C)OC(=O)NCc1ccc(C#N)cc1.Cl.N#Cc1ccc(CN)cc1. The molecule has 0 bridgehead atoms. The van der Waals surface area contributed by atoms with Crippen LogP contribution >= 0.6 is 12.4 Å². The van der Waals surface area contributed by atoms with Crippen molar-refractivity contribution >= 4 is 18.5 Å². The van der Waals surface area contributed by atoms with E-state index in [1.165, 1.54) is 0 Å². The van der Waals surface area contributed by atoms with Gasteiger partial charge in [0, 0.05) is 13.1 Å². The Balaban J connectivity index is 0.000000567. The molecule has 28 heavy (non-hydrogen) atoms. The molecule has 0 fully saturated rings. The van der Waals surface area contributed by atoms with Crippen LogP contribution in [0.25, 0.3) is 0 Å². The van der Waals surface area contributed by atoms with Crippen LogP contribution in [0.5, 0.6) is 0 Å². The van der Waals surface area contributed by atoms with Crippen LogP contribution in [0.4, 0.5) is 4.79 Å². The normalized spacial score (nSPS) is 9.50. The van der Waals surface area contributed by atoms with Gasteiger partial charge in [-0.15, -0.1) is 12.4 Å². The minimum Gasteiger partial charge on any atom is -0.444 e. The highest BCUT2D eigenvalue weighted by molar-refractivity contribution is 5.85. The summed E-state index contributed by atoms with van der Waals surface area (Å²) in [5, 5.41) is 19.7. The van der Waals surface area contributed by atoms with E-state index in [9.17, 15) is 4.79 Å². The second kappa shape index (κ2) is 12.3. The lowest BCUT2D eigenvalue weighted by Gasteiger charge is -2.19. The molecule has 6 nitrogen and oxygen atoms in total. The molecule has 0 aliphatic heterocycles. The number of halogens is 1. The van der Waals surface area contributed by atoms with Crippen LogP contribution in [0.2, 0.25) is 0 Å². The lowest BCUT2D eigenvalue weighted by molar-refractivity contribution is 0.0523. The molecule has 0 aromatic heterocycles. The molecule has 2 aromatic carbocycles. The maximum Gasteiger partial charge on any atom is 0.407 e. The first kappa shape index (κ1) is 24.9. The van der Waals surface area contributed by atoms with Gasteiger partial charge < -0.3 is 15.8 Å². The van der Waals surface area contributed by atoms with Crippen molar-refractivity contribution in [3.05, 3.63) is 70.8 Å². The van der Waals surface area contributed by atoms with Crippen LogP contribution in [0.3, 0.4) is 0 Å². The smallest absolute Gasteiger partial charge is 0.407 e. The van der Waals surface area contributed by atoms with Gasteiger partial charge in [-0.1, -0.05) is 24.3 Å². The Kier molecular flexibility index (Phi) is 11.0. The van der Waals surface area contributed by atoms with Crippen molar-refractivity contribution in [3.8, 4) is 12.1 Å². The molecule has 1 amide bonds. The van der Waals surface area contributed by atoms with Crippen LogP contribution < -0.4 is 11.1 Å². The molecular weight excluding hydrogens is 376 g/mol. The minimum atomic E-state index is -0.491. The van der Waals surface area contributed by atoms with Crippen molar-refractivity contribution < 1.29 is 9.53 Å². The molecule has 7 heteroatoms. The first-order chi connectivity index (χ1) is 12.8. The van der Waals surface area contributed by atoms with Gasteiger partial charge in [-0.2, -0.15) is 10.5 Å². The second-order valence-corrected chi connectivity index (χ2v) is 6.68. The largest absolute Gasteiger partial charge is 0.444 e. The van der Waals surface area contributed by atoms with Crippen LogP contribution in [0, 0.1) is 22.7 Å². The zero-order valence-corrected chi connectivity index (χ0v) is 17.0. The lowest BCUT2D eigenvalue weighted by atomic mass is 10.1. The Hall–Kier alpha value is -3.06. The topological polar surface area (TPSA) is 112 Å². The molecular formula is C21H25ClN4O2. The van der Waals surface area contributed by atoms with Crippen molar-refractivity contribution in [1.29, 1.82) is 10.5 Å². The van der Waals surface area contributed by atoms with Crippen molar-refractivity contribution in [1.82, 2.24) is 5.32 Å². The maximum atomic E-state index is 11.4. The third-order valence-corrected chi connectivity index (χ3v) is 3.24. The van der Waals surface area contributed by atoms with Crippen molar-refractivity contribution in [2.24, 2.45) is 5.73 Å². The van der Waals surface area contributed by atoms with Gasteiger partial charge in [0.05, 0.1) is 23.3 Å². The monoisotopic (exact) mass is 400 g/mol. The van der Waals surface area contributed by atoms with E-state index in [4.69, 9.17) is 21.0 Å². The maximum absolute atomic E-state index is 11.4. The number of nitrogens with zero attached hydrogens (tertiary/aromatic N) is 2. The Morgan fingerprint density at radius 2 is 1.39 bits per heavy atom.